The minimum absolute atomic E-state index is 0.148. The summed E-state index contributed by atoms with van der Waals surface area (Å²) in [6.45, 7) is 8.12. The summed E-state index contributed by atoms with van der Waals surface area (Å²) in [6, 6.07) is 10.0. The maximum absolute atomic E-state index is 5.85. The molecule has 0 amide bonds. The number of benzene rings is 1. The normalized spacial score (nSPS) is 10.8. The molecule has 0 radical (unpaired) electrons. The van der Waals surface area contributed by atoms with E-state index >= 15 is 0 Å². The summed E-state index contributed by atoms with van der Waals surface area (Å²) >= 11 is 0. The standard InChI is InChI=1S/C16H20N2O/c1-5-16-17-12(4)10-14(18-16)13-8-6-7-9-15(13)19-11(2)3/h6-11H,5H2,1-4H3. The topological polar surface area (TPSA) is 35.0 Å². The van der Waals surface area contributed by atoms with E-state index < -0.39 is 0 Å². The Morgan fingerprint density at radius 3 is 2.58 bits per heavy atom. The van der Waals surface area contributed by atoms with Crippen LogP contribution in [-0.4, -0.2) is 16.1 Å². The van der Waals surface area contributed by atoms with E-state index in [0.717, 1.165) is 34.9 Å². The third-order valence-electron chi connectivity index (χ3n) is 2.74. The minimum atomic E-state index is 0.148. The first-order valence-electron chi connectivity index (χ1n) is 6.70. The fraction of sp³-hybridized carbons (Fsp3) is 0.375. The molecule has 0 aliphatic carbocycles. The van der Waals surface area contributed by atoms with Crippen molar-refractivity contribution >= 4 is 0 Å². The van der Waals surface area contributed by atoms with Gasteiger partial charge in [0.25, 0.3) is 0 Å². The molecule has 1 heterocycles. The number of para-hydroxylation sites is 1. The molecule has 0 spiro atoms. The van der Waals surface area contributed by atoms with Gasteiger partial charge in [-0.1, -0.05) is 19.1 Å². The fourth-order valence-corrected chi connectivity index (χ4v) is 1.96. The number of aromatic nitrogens is 2. The molecule has 0 aliphatic rings. The summed E-state index contributed by atoms with van der Waals surface area (Å²) in [7, 11) is 0. The smallest absolute Gasteiger partial charge is 0.129 e. The van der Waals surface area contributed by atoms with Gasteiger partial charge in [0.1, 0.15) is 11.6 Å². The van der Waals surface area contributed by atoms with Crippen LogP contribution in [0.4, 0.5) is 0 Å². The van der Waals surface area contributed by atoms with Crippen LogP contribution in [-0.2, 0) is 6.42 Å². The van der Waals surface area contributed by atoms with Crippen LogP contribution in [0.25, 0.3) is 11.3 Å². The first-order valence-corrected chi connectivity index (χ1v) is 6.70. The zero-order valence-electron chi connectivity index (χ0n) is 12.0. The Morgan fingerprint density at radius 2 is 1.89 bits per heavy atom. The van der Waals surface area contributed by atoms with E-state index in [-0.39, 0.29) is 6.10 Å². The van der Waals surface area contributed by atoms with Crippen molar-refractivity contribution in [3.8, 4) is 17.0 Å². The van der Waals surface area contributed by atoms with Gasteiger partial charge in [-0.05, 0) is 39.0 Å². The molecule has 0 bridgehead atoms. The minimum Gasteiger partial charge on any atom is -0.490 e. The van der Waals surface area contributed by atoms with Crippen molar-refractivity contribution in [2.75, 3.05) is 0 Å². The summed E-state index contributed by atoms with van der Waals surface area (Å²) in [5.41, 5.74) is 2.94. The first-order chi connectivity index (χ1) is 9.10. The van der Waals surface area contributed by atoms with Crippen LogP contribution in [0.1, 0.15) is 32.3 Å². The molecule has 0 unspecified atom stereocenters. The van der Waals surface area contributed by atoms with Gasteiger partial charge in [-0.25, -0.2) is 9.97 Å². The number of hydrogen-bond acceptors (Lipinski definition) is 3. The van der Waals surface area contributed by atoms with Gasteiger partial charge in [-0.3, -0.25) is 0 Å². The summed E-state index contributed by atoms with van der Waals surface area (Å²) in [4.78, 5) is 9.02. The average molecular weight is 256 g/mol. The van der Waals surface area contributed by atoms with Crippen LogP contribution in [0, 0.1) is 6.92 Å². The molecule has 3 heteroatoms. The van der Waals surface area contributed by atoms with Crippen LogP contribution in [0.3, 0.4) is 0 Å². The lowest BCUT2D eigenvalue weighted by molar-refractivity contribution is 0.243. The Balaban J connectivity index is 2.49. The second-order valence-corrected chi connectivity index (χ2v) is 4.83. The highest BCUT2D eigenvalue weighted by atomic mass is 16.5. The van der Waals surface area contributed by atoms with Crippen molar-refractivity contribution in [1.82, 2.24) is 9.97 Å². The maximum Gasteiger partial charge on any atom is 0.129 e. The lowest BCUT2D eigenvalue weighted by Gasteiger charge is -2.14. The van der Waals surface area contributed by atoms with Crippen LogP contribution in [0.2, 0.25) is 0 Å². The quantitative estimate of drug-likeness (QED) is 0.834. The molecule has 1 aromatic heterocycles. The summed E-state index contributed by atoms with van der Waals surface area (Å²) in [6.07, 6.45) is 0.983. The average Bonchev–Trinajstić information content (AvgIpc) is 2.38. The number of aryl methyl sites for hydroxylation is 2. The molecule has 0 N–H and O–H groups in total. The Hall–Kier alpha value is -1.90. The zero-order chi connectivity index (χ0) is 13.8. The molecule has 0 saturated carbocycles. The van der Waals surface area contributed by atoms with Gasteiger partial charge in [-0.15, -0.1) is 0 Å². The van der Waals surface area contributed by atoms with E-state index in [0.29, 0.717) is 0 Å². The van der Waals surface area contributed by atoms with Crippen molar-refractivity contribution in [2.45, 2.75) is 40.2 Å². The molecule has 0 aliphatic heterocycles. The van der Waals surface area contributed by atoms with Crippen LogP contribution in [0.5, 0.6) is 5.75 Å². The highest BCUT2D eigenvalue weighted by Crippen LogP contribution is 2.29. The third kappa shape index (κ3) is 3.31. The zero-order valence-corrected chi connectivity index (χ0v) is 12.0. The first kappa shape index (κ1) is 13.5. The van der Waals surface area contributed by atoms with Gasteiger partial charge >= 0.3 is 0 Å². The van der Waals surface area contributed by atoms with E-state index in [9.17, 15) is 0 Å². The molecule has 0 atom stereocenters. The van der Waals surface area contributed by atoms with Gasteiger partial charge in [0.15, 0.2) is 0 Å². The van der Waals surface area contributed by atoms with Crippen molar-refractivity contribution in [2.24, 2.45) is 0 Å². The fourth-order valence-electron chi connectivity index (χ4n) is 1.96. The predicted octanol–water partition coefficient (Wildman–Crippen LogP) is 3.80. The number of hydrogen-bond donors (Lipinski definition) is 0. The molecule has 100 valence electrons. The lowest BCUT2D eigenvalue weighted by atomic mass is 10.1. The Bertz CT molecular complexity index is 564. The van der Waals surface area contributed by atoms with Crippen molar-refractivity contribution in [1.29, 1.82) is 0 Å². The molecule has 2 aromatic rings. The number of nitrogens with zero attached hydrogens (tertiary/aromatic N) is 2. The summed E-state index contributed by atoms with van der Waals surface area (Å²) < 4.78 is 5.85. The predicted molar refractivity (Wildman–Crippen MR) is 77.3 cm³/mol. The van der Waals surface area contributed by atoms with Gasteiger partial charge in [0.2, 0.25) is 0 Å². The summed E-state index contributed by atoms with van der Waals surface area (Å²) in [5, 5.41) is 0. The molecule has 3 nitrogen and oxygen atoms in total. The van der Waals surface area contributed by atoms with Crippen molar-refractivity contribution in [3.63, 3.8) is 0 Å². The second kappa shape index (κ2) is 5.83. The monoisotopic (exact) mass is 256 g/mol. The van der Waals surface area contributed by atoms with Gasteiger partial charge < -0.3 is 4.74 Å². The second-order valence-electron chi connectivity index (χ2n) is 4.83. The maximum atomic E-state index is 5.85. The van der Waals surface area contributed by atoms with Gasteiger partial charge in [-0.2, -0.15) is 0 Å². The van der Waals surface area contributed by atoms with E-state index in [1.165, 1.54) is 0 Å². The third-order valence-corrected chi connectivity index (χ3v) is 2.74. The van der Waals surface area contributed by atoms with Crippen LogP contribution >= 0.6 is 0 Å². The SMILES string of the molecule is CCc1nc(C)cc(-c2ccccc2OC(C)C)n1. The van der Waals surface area contributed by atoms with Crippen LogP contribution < -0.4 is 4.74 Å². The van der Waals surface area contributed by atoms with E-state index in [4.69, 9.17) is 4.74 Å². The molecule has 2 rings (SSSR count). The highest BCUT2D eigenvalue weighted by Gasteiger charge is 2.10. The van der Waals surface area contributed by atoms with Crippen LogP contribution in [0.15, 0.2) is 30.3 Å². The lowest BCUT2D eigenvalue weighted by Crippen LogP contribution is -2.07. The molecule has 0 saturated heterocycles. The van der Waals surface area contributed by atoms with Crippen molar-refractivity contribution < 1.29 is 4.74 Å². The van der Waals surface area contributed by atoms with E-state index in [2.05, 4.69) is 16.9 Å². The Labute approximate surface area is 114 Å². The highest BCUT2D eigenvalue weighted by molar-refractivity contribution is 5.67. The number of rotatable bonds is 4. The Kier molecular flexibility index (Phi) is 4.15. The van der Waals surface area contributed by atoms with Crippen molar-refractivity contribution in [3.05, 3.63) is 41.9 Å². The van der Waals surface area contributed by atoms with E-state index in [1.54, 1.807) is 0 Å². The molecule has 0 fully saturated rings. The van der Waals surface area contributed by atoms with Gasteiger partial charge in [0.05, 0.1) is 11.8 Å². The van der Waals surface area contributed by atoms with E-state index in [1.807, 2.05) is 51.1 Å². The molecular weight excluding hydrogens is 236 g/mol. The number of ether oxygens (including phenoxy) is 1. The summed E-state index contributed by atoms with van der Waals surface area (Å²) in [5.74, 6) is 1.74. The molecular formula is C16H20N2O. The Morgan fingerprint density at radius 1 is 1.16 bits per heavy atom. The molecule has 1 aromatic carbocycles. The largest absolute Gasteiger partial charge is 0.490 e. The molecule has 19 heavy (non-hydrogen) atoms. The van der Waals surface area contributed by atoms with Gasteiger partial charge in [0, 0.05) is 17.7 Å².